The van der Waals surface area contributed by atoms with Gasteiger partial charge in [-0.25, -0.2) is 12.8 Å². The van der Waals surface area contributed by atoms with Crippen LogP contribution in [0.4, 0.5) is 10.1 Å². The molecule has 0 aliphatic carbocycles. The van der Waals surface area contributed by atoms with Gasteiger partial charge in [-0.3, -0.25) is 4.79 Å². The second kappa shape index (κ2) is 6.97. The molecule has 0 saturated heterocycles. The maximum Gasteiger partial charge on any atom is 0.242 e. The van der Waals surface area contributed by atoms with Crippen LogP contribution in [0.15, 0.2) is 23.1 Å². The van der Waals surface area contributed by atoms with Crippen LogP contribution >= 0.6 is 11.8 Å². The molecule has 1 aliphatic heterocycles. The summed E-state index contributed by atoms with van der Waals surface area (Å²) in [6.07, 6.45) is 0.775. The molecule has 1 heterocycles. The summed E-state index contributed by atoms with van der Waals surface area (Å²) in [6.45, 7) is 1.75. The number of amides is 1. The Morgan fingerprint density at radius 3 is 2.86 bits per heavy atom. The Labute approximate surface area is 134 Å². The third-order valence-electron chi connectivity index (χ3n) is 3.49. The number of hydrogen-bond acceptors (Lipinski definition) is 4. The van der Waals surface area contributed by atoms with Gasteiger partial charge in [0.2, 0.25) is 15.9 Å². The van der Waals surface area contributed by atoms with Crippen LogP contribution in [-0.2, 0) is 14.8 Å². The van der Waals surface area contributed by atoms with E-state index in [0.29, 0.717) is 12.2 Å². The first kappa shape index (κ1) is 17.2. The molecule has 1 aromatic carbocycles. The number of hydrogen-bond donors (Lipinski definition) is 0. The number of thioether (sulfide) groups is 1. The Balaban J connectivity index is 2.25. The number of likely N-dealkylation sites (N-methyl/N-ethyl adjacent to an activating group) is 1. The number of rotatable bonds is 4. The van der Waals surface area contributed by atoms with E-state index in [9.17, 15) is 17.6 Å². The van der Waals surface area contributed by atoms with Gasteiger partial charge in [0.25, 0.3) is 0 Å². The van der Waals surface area contributed by atoms with E-state index in [1.165, 1.54) is 31.0 Å². The van der Waals surface area contributed by atoms with Gasteiger partial charge in [-0.1, -0.05) is 0 Å². The lowest BCUT2D eigenvalue weighted by Crippen LogP contribution is -2.42. The molecule has 0 spiro atoms. The van der Waals surface area contributed by atoms with Gasteiger partial charge in [0.15, 0.2) is 0 Å². The summed E-state index contributed by atoms with van der Waals surface area (Å²) in [5, 5.41) is 0. The van der Waals surface area contributed by atoms with Crippen LogP contribution in [0.5, 0.6) is 0 Å². The van der Waals surface area contributed by atoms with Crippen molar-refractivity contribution >= 4 is 33.4 Å². The summed E-state index contributed by atoms with van der Waals surface area (Å²) in [5.41, 5.74) is 0.523. The number of fused-ring (bicyclic) bond motifs is 1. The first-order valence-electron chi connectivity index (χ1n) is 7.02. The van der Waals surface area contributed by atoms with Gasteiger partial charge < -0.3 is 4.90 Å². The molecule has 1 aliphatic rings. The third-order valence-corrected chi connectivity index (χ3v) is 6.45. The van der Waals surface area contributed by atoms with Crippen molar-refractivity contribution < 1.29 is 17.6 Å². The van der Waals surface area contributed by atoms with Gasteiger partial charge in [0, 0.05) is 18.5 Å². The summed E-state index contributed by atoms with van der Waals surface area (Å²) < 4.78 is 38.1. The Morgan fingerprint density at radius 1 is 1.45 bits per heavy atom. The highest BCUT2D eigenvalue weighted by Gasteiger charge is 2.26. The first-order valence-corrected chi connectivity index (χ1v) is 9.61. The average molecular weight is 346 g/mol. The number of carbonyl (C=O) groups is 1. The minimum absolute atomic E-state index is 0.0577. The fraction of sp³-hybridized carbons (Fsp3) is 0.500. The van der Waals surface area contributed by atoms with Crippen LogP contribution in [0.25, 0.3) is 0 Å². The van der Waals surface area contributed by atoms with Crippen molar-refractivity contribution in [2.24, 2.45) is 0 Å². The minimum atomic E-state index is -3.42. The molecule has 0 atom stereocenters. The van der Waals surface area contributed by atoms with Crippen LogP contribution < -0.4 is 4.90 Å². The normalized spacial score (nSPS) is 15.5. The molecule has 22 heavy (non-hydrogen) atoms. The predicted molar refractivity (Wildman–Crippen MR) is 86.2 cm³/mol. The molecule has 5 nitrogen and oxygen atoms in total. The Bertz CT molecular complexity index is 664. The molecule has 1 amide bonds. The van der Waals surface area contributed by atoms with Gasteiger partial charge in [-0.05, 0) is 37.3 Å². The fourth-order valence-corrected chi connectivity index (χ4v) is 3.92. The van der Waals surface area contributed by atoms with Crippen molar-refractivity contribution in [3.05, 3.63) is 24.0 Å². The first-order chi connectivity index (χ1) is 10.3. The maximum absolute atomic E-state index is 13.5. The number of anilines is 1. The molecule has 0 fully saturated rings. The number of sulfonamides is 1. The quantitative estimate of drug-likeness (QED) is 0.836. The van der Waals surface area contributed by atoms with Crippen molar-refractivity contribution in [2.45, 2.75) is 18.2 Å². The van der Waals surface area contributed by atoms with Crippen molar-refractivity contribution in [3.63, 3.8) is 0 Å². The molecule has 122 valence electrons. The molecule has 0 radical (unpaired) electrons. The second-order valence-electron chi connectivity index (χ2n) is 5.02. The maximum atomic E-state index is 13.5. The van der Waals surface area contributed by atoms with Gasteiger partial charge in [-0.2, -0.15) is 4.31 Å². The number of nitrogens with zero attached hydrogens (tertiary/aromatic N) is 2. The lowest BCUT2D eigenvalue weighted by atomic mass is 10.2. The molecular formula is C14H19FN2O3S2. The highest BCUT2D eigenvalue weighted by molar-refractivity contribution is 7.99. The van der Waals surface area contributed by atoms with E-state index in [-0.39, 0.29) is 18.2 Å². The van der Waals surface area contributed by atoms with E-state index in [0.717, 1.165) is 21.4 Å². The minimum Gasteiger partial charge on any atom is -0.310 e. The topological polar surface area (TPSA) is 57.7 Å². The number of halogens is 1. The number of carbonyl (C=O) groups excluding carboxylic acids is 1. The lowest BCUT2D eigenvalue weighted by molar-refractivity contribution is -0.118. The van der Waals surface area contributed by atoms with E-state index >= 15 is 0 Å². The zero-order chi connectivity index (χ0) is 16.3. The molecule has 0 saturated carbocycles. The number of benzene rings is 1. The van der Waals surface area contributed by atoms with Crippen LogP contribution in [0.3, 0.4) is 0 Å². The SMILES string of the molecule is CCS(=O)(=O)N(C)CC(=O)N1CCCSc2ccc(F)cc21. The van der Waals surface area contributed by atoms with Crippen LogP contribution in [0.2, 0.25) is 0 Å². The molecule has 0 bridgehead atoms. The van der Waals surface area contributed by atoms with E-state index < -0.39 is 15.8 Å². The van der Waals surface area contributed by atoms with Gasteiger partial charge >= 0.3 is 0 Å². The molecule has 8 heteroatoms. The zero-order valence-electron chi connectivity index (χ0n) is 12.6. The average Bonchev–Trinajstić information content (AvgIpc) is 2.68. The largest absolute Gasteiger partial charge is 0.310 e. The Kier molecular flexibility index (Phi) is 5.46. The smallest absolute Gasteiger partial charge is 0.242 e. The third kappa shape index (κ3) is 3.80. The lowest BCUT2D eigenvalue weighted by Gasteiger charge is -2.25. The second-order valence-corrected chi connectivity index (χ2v) is 8.52. The van der Waals surface area contributed by atoms with Crippen molar-refractivity contribution in [2.75, 3.05) is 36.5 Å². The van der Waals surface area contributed by atoms with Crippen LogP contribution in [0, 0.1) is 5.82 Å². The zero-order valence-corrected chi connectivity index (χ0v) is 14.2. The van der Waals surface area contributed by atoms with E-state index in [4.69, 9.17) is 0 Å². The summed E-state index contributed by atoms with van der Waals surface area (Å²) in [7, 11) is -2.04. The predicted octanol–water partition coefficient (Wildman–Crippen LogP) is 1.94. The van der Waals surface area contributed by atoms with Crippen molar-refractivity contribution in [1.82, 2.24) is 4.31 Å². The van der Waals surface area contributed by atoms with E-state index in [1.807, 2.05) is 0 Å². The summed E-state index contributed by atoms with van der Waals surface area (Å²) >= 11 is 1.58. The van der Waals surface area contributed by atoms with Crippen molar-refractivity contribution in [3.8, 4) is 0 Å². The molecule has 2 rings (SSSR count). The molecular weight excluding hydrogens is 327 g/mol. The molecule has 1 aromatic rings. The summed E-state index contributed by atoms with van der Waals surface area (Å²) in [6, 6.07) is 4.36. The van der Waals surface area contributed by atoms with E-state index in [1.54, 1.807) is 17.8 Å². The van der Waals surface area contributed by atoms with Gasteiger partial charge in [-0.15, -0.1) is 11.8 Å². The fourth-order valence-electron chi connectivity index (χ4n) is 2.20. The van der Waals surface area contributed by atoms with E-state index in [2.05, 4.69) is 0 Å². The van der Waals surface area contributed by atoms with Gasteiger partial charge in [0.1, 0.15) is 5.82 Å². The highest BCUT2D eigenvalue weighted by atomic mass is 32.2. The highest BCUT2D eigenvalue weighted by Crippen LogP contribution is 2.34. The standard InChI is InChI=1S/C14H19FN2O3S2/c1-3-22(19,20)16(2)10-14(18)17-7-4-8-21-13-6-5-11(15)9-12(13)17/h5-6,9H,3-4,7-8,10H2,1-2H3. The molecule has 0 unspecified atom stereocenters. The summed E-state index contributed by atoms with van der Waals surface area (Å²) in [4.78, 5) is 14.8. The van der Waals surface area contributed by atoms with Crippen molar-refractivity contribution in [1.29, 1.82) is 0 Å². The summed E-state index contributed by atoms with van der Waals surface area (Å²) in [5.74, 6) is 0.0334. The Hall–Kier alpha value is -1.12. The molecule has 0 N–H and O–H groups in total. The van der Waals surface area contributed by atoms with Crippen LogP contribution in [0.1, 0.15) is 13.3 Å². The Morgan fingerprint density at radius 2 is 2.18 bits per heavy atom. The van der Waals surface area contributed by atoms with Gasteiger partial charge in [0.05, 0.1) is 18.0 Å². The van der Waals surface area contributed by atoms with Crippen LogP contribution in [-0.4, -0.2) is 50.3 Å². The monoisotopic (exact) mass is 346 g/mol. The molecule has 0 aromatic heterocycles.